The fourth-order valence-electron chi connectivity index (χ4n) is 5.07. The number of nitrogens with one attached hydrogen (secondary N) is 1. The van der Waals surface area contributed by atoms with Crippen molar-refractivity contribution in [2.45, 2.75) is 44.9 Å². The molecule has 1 amide bonds. The molecule has 0 radical (unpaired) electrons. The number of likely N-dealkylation sites (tertiary alicyclic amines) is 1. The van der Waals surface area contributed by atoms with Crippen LogP contribution in [0.4, 0.5) is 13.2 Å². The Balaban J connectivity index is 1.64. The number of alkyl halides is 3. The maximum absolute atomic E-state index is 13.2. The molecule has 0 spiro atoms. The Morgan fingerprint density at radius 2 is 1.97 bits per heavy atom. The molecular formula is C23H25F3N2O3. The third kappa shape index (κ3) is 3.78. The number of nitrogens with zero attached hydrogens (tertiary/aromatic N) is 1. The van der Waals surface area contributed by atoms with Crippen molar-refractivity contribution < 1.29 is 23.1 Å². The van der Waals surface area contributed by atoms with E-state index < -0.39 is 28.8 Å². The molecule has 3 atom stereocenters. The first-order valence-electron chi connectivity index (χ1n) is 10.4. The van der Waals surface area contributed by atoms with Gasteiger partial charge in [-0.2, -0.15) is 13.2 Å². The first-order valence-corrected chi connectivity index (χ1v) is 10.4. The zero-order valence-corrected chi connectivity index (χ0v) is 17.4. The molecule has 1 aromatic carbocycles. The largest absolute Gasteiger partial charge is 0.416 e. The minimum Gasteiger partial charge on any atom is -0.385 e. The Kier molecular flexibility index (Phi) is 5.24. The highest BCUT2D eigenvalue weighted by Gasteiger charge is 2.51. The number of aryl methyl sites for hydroxylation is 2. The van der Waals surface area contributed by atoms with Gasteiger partial charge in [-0.1, -0.05) is 12.1 Å². The van der Waals surface area contributed by atoms with E-state index in [1.165, 1.54) is 12.1 Å². The van der Waals surface area contributed by atoms with Crippen LogP contribution in [0.1, 0.15) is 52.0 Å². The smallest absolute Gasteiger partial charge is 0.385 e. The maximum atomic E-state index is 13.2. The summed E-state index contributed by atoms with van der Waals surface area (Å²) in [6.07, 6.45) is -2.73. The molecule has 1 aliphatic heterocycles. The number of carbonyl (C=O) groups excluding carboxylic acids is 1. The van der Waals surface area contributed by atoms with Gasteiger partial charge in [0.25, 0.3) is 11.5 Å². The Morgan fingerprint density at radius 1 is 1.23 bits per heavy atom. The topological polar surface area (TPSA) is 73.4 Å². The molecule has 1 saturated heterocycles. The van der Waals surface area contributed by atoms with Gasteiger partial charge in [0.2, 0.25) is 0 Å². The minimum atomic E-state index is -4.50. The summed E-state index contributed by atoms with van der Waals surface area (Å²) in [5, 5.41) is 11.5. The molecule has 8 heteroatoms. The molecule has 1 saturated carbocycles. The average Bonchev–Trinajstić information content (AvgIpc) is 3.16. The first kappa shape index (κ1) is 21.6. The summed E-state index contributed by atoms with van der Waals surface area (Å²) in [5.41, 5.74) is -0.950. The van der Waals surface area contributed by atoms with Crippen LogP contribution in [-0.2, 0) is 11.8 Å². The van der Waals surface area contributed by atoms with Crippen LogP contribution in [0.25, 0.3) is 0 Å². The van der Waals surface area contributed by atoms with Crippen molar-refractivity contribution in [1.82, 2.24) is 9.88 Å². The number of aromatic amines is 1. The van der Waals surface area contributed by atoms with Gasteiger partial charge in [-0.05, 0) is 68.4 Å². The lowest BCUT2D eigenvalue weighted by Crippen LogP contribution is -2.43. The third-order valence-corrected chi connectivity index (χ3v) is 6.89. The predicted molar refractivity (Wildman–Crippen MR) is 109 cm³/mol. The summed E-state index contributed by atoms with van der Waals surface area (Å²) >= 11 is 0. The molecule has 2 aliphatic rings. The van der Waals surface area contributed by atoms with Gasteiger partial charge in [0.05, 0.1) is 11.2 Å². The molecular weight excluding hydrogens is 409 g/mol. The van der Waals surface area contributed by atoms with Crippen LogP contribution in [0.2, 0.25) is 0 Å². The van der Waals surface area contributed by atoms with Crippen LogP contribution in [0.15, 0.2) is 35.1 Å². The molecule has 5 nitrogen and oxygen atoms in total. The van der Waals surface area contributed by atoms with Crippen molar-refractivity contribution in [3.05, 3.63) is 68.6 Å². The molecule has 1 aliphatic carbocycles. The highest BCUT2D eigenvalue weighted by Crippen LogP contribution is 2.49. The fraction of sp³-hybridized carbons (Fsp3) is 0.478. The number of pyridine rings is 1. The van der Waals surface area contributed by atoms with E-state index in [1.54, 1.807) is 24.8 Å². The highest BCUT2D eigenvalue weighted by atomic mass is 19.4. The minimum absolute atomic E-state index is 0.0390. The van der Waals surface area contributed by atoms with E-state index in [1.807, 2.05) is 0 Å². The lowest BCUT2D eigenvalue weighted by Gasteiger charge is -2.41. The van der Waals surface area contributed by atoms with Gasteiger partial charge in [0.1, 0.15) is 5.56 Å². The Labute approximate surface area is 177 Å². The summed E-state index contributed by atoms with van der Waals surface area (Å²) in [6, 6.07) is 6.41. The van der Waals surface area contributed by atoms with Crippen LogP contribution in [0.5, 0.6) is 0 Å². The lowest BCUT2D eigenvalue weighted by atomic mass is 9.67. The molecule has 2 aromatic rings. The highest BCUT2D eigenvalue weighted by molar-refractivity contribution is 5.94. The summed E-state index contributed by atoms with van der Waals surface area (Å²) in [5.74, 6) is -0.840. The van der Waals surface area contributed by atoms with Gasteiger partial charge >= 0.3 is 6.18 Å². The fourth-order valence-corrected chi connectivity index (χ4v) is 5.07. The number of halogens is 3. The number of benzene rings is 1. The normalized spacial score (nSPS) is 26.1. The number of rotatable bonds is 2. The summed E-state index contributed by atoms with van der Waals surface area (Å²) in [4.78, 5) is 29.6. The molecule has 0 bridgehead atoms. The summed E-state index contributed by atoms with van der Waals surface area (Å²) < 4.78 is 39.6. The number of aromatic nitrogens is 1. The first-order chi connectivity index (χ1) is 14.5. The maximum Gasteiger partial charge on any atom is 0.416 e. The van der Waals surface area contributed by atoms with Crippen LogP contribution in [0.3, 0.4) is 0 Å². The number of aliphatic hydroxyl groups is 1. The van der Waals surface area contributed by atoms with Gasteiger partial charge < -0.3 is 15.0 Å². The van der Waals surface area contributed by atoms with E-state index in [9.17, 15) is 27.9 Å². The number of hydrogen-bond acceptors (Lipinski definition) is 3. The number of carbonyl (C=O) groups is 1. The van der Waals surface area contributed by atoms with E-state index >= 15 is 0 Å². The molecule has 2 N–H and O–H groups in total. The Hall–Kier alpha value is -2.61. The van der Waals surface area contributed by atoms with Crippen LogP contribution >= 0.6 is 0 Å². The number of amides is 1. The lowest BCUT2D eigenvalue weighted by molar-refractivity contribution is -0.138. The SMILES string of the molecule is Cc1cc(C(=O)N2CC3CCCC(O)(c4cccc(C(F)(F)F)c4)C3C2)c(=O)[nH]c1C. The number of H-pyrrole nitrogens is 1. The average molecular weight is 434 g/mol. The van der Waals surface area contributed by atoms with Crippen molar-refractivity contribution in [2.24, 2.45) is 11.8 Å². The van der Waals surface area contributed by atoms with Gasteiger partial charge in [0.15, 0.2) is 0 Å². The summed E-state index contributed by atoms with van der Waals surface area (Å²) in [7, 11) is 0. The zero-order chi connectivity index (χ0) is 22.6. The van der Waals surface area contributed by atoms with E-state index in [2.05, 4.69) is 4.98 Å². The van der Waals surface area contributed by atoms with Gasteiger partial charge in [-0.3, -0.25) is 9.59 Å². The molecule has 4 rings (SSSR count). The molecule has 2 heterocycles. The number of fused-ring (bicyclic) bond motifs is 1. The van der Waals surface area contributed by atoms with Gasteiger partial charge in [-0.25, -0.2) is 0 Å². The molecule has 3 unspecified atom stereocenters. The van der Waals surface area contributed by atoms with Gasteiger partial charge in [-0.15, -0.1) is 0 Å². The number of hydrogen-bond donors (Lipinski definition) is 2. The third-order valence-electron chi connectivity index (χ3n) is 6.89. The van der Waals surface area contributed by atoms with E-state index in [0.29, 0.717) is 25.1 Å². The second kappa shape index (κ2) is 7.51. The van der Waals surface area contributed by atoms with Crippen LogP contribution in [-0.4, -0.2) is 34.0 Å². The molecule has 166 valence electrons. The quantitative estimate of drug-likeness (QED) is 0.756. The summed E-state index contributed by atoms with van der Waals surface area (Å²) in [6.45, 7) is 4.13. The Bertz CT molecular complexity index is 1080. The Morgan fingerprint density at radius 3 is 2.68 bits per heavy atom. The van der Waals surface area contributed by atoms with E-state index in [0.717, 1.165) is 24.1 Å². The van der Waals surface area contributed by atoms with E-state index in [-0.39, 0.29) is 29.5 Å². The zero-order valence-electron chi connectivity index (χ0n) is 17.4. The molecule has 1 aromatic heterocycles. The van der Waals surface area contributed by atoms with Gasteiger partial charge in [0, 0.05) is 24.7 Å². The van der Waals surface area contributed by atoms with Crippen molar-refractivity contribution in [1.29, 1.82) is 0 Å². The van der Waals surface area contributed by atoms with Crippen molar-refractivity contribution in [2.75, 3.05) is 13.1 Å². The predicted octanol–water partition coefficient (Wildman–Crippen LogP) is 3.77. The van der Waals surface area contributed by atoms with E-state index in [4.69, 9.17) is 0 Å². The monoisotopic (exact) mass is 434 g/mol. The second-order valence-corrected chi connectivity index (χ2v) is 8.79. The van der Waals surface area contributed by atoms with Crippen molar-refractivity contribution in [3.8, 4) is 0 Å². The molecule has 2 fully saturated rings. The van der Waals surface area contributed by atoms with Crippen LogP contribution < -0.4 is 5.56 Å². The van der Waals surface area contributed by atoms with Crippen molar-refractivity contribution >= 4 is 5.91 Å². The second-order valence-electron chi connectivity index (χ2n) is 8.79. The van der Waals surface area contributed by atoms with Crippen LogP contribution in [0, 0.1) is 25.7 Å². The standard InChI is InChI=1S/C23H25F3N2O3/c1-13-9-18(20(29)27-14(13)2)21(30)28-11-15-5-4-8-22(31,19(15)12-28)16-6-3-7-17(10-16)23(24,25)26/h3,6-7,9-10,15,19,31H,4-5,8,11-12H2,1-2H3,(H,27,29). The molecule has 31 heavy (non-hydrogen) atoms. The van der Waals surface area contributed by atoms with Crippen molar-refractivity contribution in [3.63, 3.8) is 0 Å².